The van der Waals surface area contributed by atoms with Crippen molar-refractivity contribution in [2.45, 2.75) is 25.2 Å². The fourth-order valence-electron chi connectivity index (χ4n) is 1.88. The molecule has 0 amide bonds. The predicted molar refractivity (Wildman–Crippen MR) is 80.7 cm³/mol. The number of nitro benzene ring substituents is 1. The Morgan fingerprint density at radius 3 is 2.24 bits per heavy atom. The Morgan fingerprint density at radius 2 is 1.76 bits per heavy atom. The number of nitrogens with zero attached hydrogens (tertiary/aromatic N) is 2. The summed E-state index contributed by atoms with van der Waals surface area (Å²) in [4.78, 5) is 12.2. The van der Waals surface area contributed by atoms with Gasteiger partial charge in [0.1, 0.15) is 0 Å². The summed E-state index contributed by atoms with van der Waals surface area (Å²) >= 11 is 0. The zero-order valence-electron chi connectivity index (χ0n) is 12.3. The first-order valence-electron chi connectivity index (χ1n) is 6.87. The van der Waals surface area contributed by atoms with Crippen LogP contribution in [0.2, 0.25) is 0 Å². The Morgan fingerprint density at radius 1 is 1.19 bits per heavy atom. The summed E-state index contributed by atoms with van der Waals surface area (Å²) < 4.78 is 26.5. The maximum Gasteiger partial charge on any atom is 0.269 e. The minimum atomic E-state index is -3.61. The number of rotatable bonds is 9. The standard InChI is InChI=1S/C13H21N3O4S/c1-3-15(4-2)11-5-10-14-21(19,20)13-8-6-12(7-9-13)16(17)18/h6-9,14H,3-5,10-11H2,1-2H3. The summed E-state index contributed by atoms with van der Waals surface area (Å²) in [6.07, 6.45) is 0.716. The van der Waals surface area contributed by atoms with Crippen LogP contribution < -0.4 is 4.72 Å². The van der Waals surface area contributed by atoms with Crippen molar-refractivity contribution < 1.29 is 13.3 Å². The van der Waals surface area contributed by atoms with E-state index in [0.717, 1.165) is 19.6 Å². The van der Waals surface area contributed by atoms with E-state index in [-0.39, 0.29) is 10.6 Å². The van der Waals surface area contributed by atoms with E-state index in [1.807, 2.05) is 0 Å². The first-order valence-corrected chi connectivity index (χ1v) is 8.35. The van der Waals surface area contributed by atoms with Gasteiger partial charge in [0, 0.05) is 18.7 Å². The van der Waals surface area contributed by atoms with Gasteiger partial charge in [0.25, 0.3) is 5.69 Å². The Labute approximate surface area is 125 Å². The van der Waals surface area contributed by atoms with Gasteiger partial charge >= 0.3 is 0 Å². The lowest BCUT2D eigenvalue weighted by atomic mass is 10.3. The van der Waals surface area contributed by atoms with Crippen LogP contribution in [0, 0.1) is 10.1 Å². The molecule has 0 saturated heterocycles. The zero-order valence-corrected chi connectivity index (χ0v) is 13.1. The highest BCUT2D eigenvalue weighted by atomic mass is 32.2. The molecule has 8 heteroatoms. The largest absolute Gasteiger partial charge is 0.304 e. The van der Waals surface area contributed by atoms with Crippen molar-refractivity contribution in [1.29, 1.82) is 0 Å². The van der Waals surface area contributed by atoms with Crippen LogP contribution in [0.5, 0.6) is 0 Å². The van der Waals surface area contributed by atoms with E-state index in [9.17, 15) is 18.5 Å². The highest BCUT2D eigenvalue weighted by Crippen LogP contribution is 2.15. The summed E-state index contributed by atoms with van der Waals surface area (Å²) in [5, 5.41) is 10.5. The average molecular weight is 315 g/mol. The highest BCUT2D eigenvalue weighted by Gasteiger charge is 2.15. The zero-order chi connectivity index (χ0) is 15.9. The minimum absolute atomic E-state index is 0.0379. The van der Waals surface area contributed by atoms with Crippen LogP contribution in [0.25, 0.3) is 0 Å². The summed E-state index contributed by atoms with van der Waals surface area (Å²) in [5.74, 6) is 0. The maximum atomic E-state index is 12.0. The number of hydrogen-bond donors (Lipinski definition) is 1. The number of benzene rings is 1. The van der Waals surface area contributed by atoms with E-state index in [2.05, 4.69) is 23.5 Å². The van der Waals surface area contributed by atoms with Crippen LogP contribution in [-0.2, 0) is 10.0 Å². The fourth-order valence-corrected chi connectivity index (χ4v) is 2.95. The van der Waals surface area contributed by atoms with E-state index in [1.54, 1.807) is 0 Å². The second-order valence-corrected chi connectivity index (χ2v) is 6.30. The van der Waals surface area contributed by atoms with E-state index in [0.29, 0.717) is 13.0 Å². The van der Waals surface area contributed by atoms with Crippen LogP contribution in [0.3, 0.4) is 0 Å². The number of hydrogen-bond acceptors (Lipinski definition) is 5. The third-order valence-electron chi connectivity index (χ3n) is 3.20. The Balaban J connectivity index is 2.55. The molecule has 0 bridgehead atoms. The third-order valence-corrected chi connectivity index (χ3v) is 4.67. The second kappa shape index (κ2) is 8.06. The van der Waals surface area contributed by atoms with Crippen LogP contribution in [0.4, 0.5) is 5.69 Å². The van der Waals surface area contributed by atoms with Crippen molar-refractivity contribution in [3.63, 3.8) is 0 Å². The topological polar surface area (TPSA) is 92.6 Å². The maximum absolute atomic E-state index is 12.0. The number of sulfonamides is 1. The molecule has 1 rings (SSSR count). The van der Waals surface area contributed by atoms with E-state index >= 15 is 0 Å². The van der Waals surface area contributed by atoms with Gasteiger partial charge in [0.15, 0.2) is 0 Å². The lowest BCUT2D eigenvalue weighted by Crippen LogP contribution is -2.30. The molecule has 0 unspecified atom stereocenters. The first-order chi connectivity index (χ1) is 9.90. The van der Waals surface area contributed by atoms with Crippen molar-refractivity contribution in [3.8, 4) is 0 Å². The van der Waals surface area contributed by atoms with Gasteiger partial charge in [-0.15, -0.1) is 0 Å². The van der Waals surface area contributed by atoms with Gasteiger partial charge in [-0.05, 0) is 38.2 Å². The highest BCUT2D eigenvalue weighted by molar-refractivity contribution is 7.89. The predicted octanol–water partition coefficient (Wildman–Crippen LogP) is 1.60. The van der Waals surface area contributed by atoms with Gasteiger partial charge in [0.05, 0.1) is 9.82 Å². The third kappa shape index (κ3) is 5.41. The quantitative estimate of drug-likeness (QED) is 0.424. The van der Waals surface area contributed by atoms with Gasteiger partial charge in [0.2, 0.25) is 10.0 Å². The van der Waals surface area contributed by atoms with Crippen molar-refractivity contribution >= 4 is 15.7 Å². The normalized spacial score (nSPS) is 11.8. The molecule has 0 fully saturated rings. The number of nitrogens with one attached hydrogen (secondary N) is 1. The molecule has 1 N–H and O–H groups in total. The molecule has 1 aromatic rings. The van der Waals surface area contributed by atoms with Crippen molar-refractivity contribution in [3.05, 3.63) is 34.4 Å². The van der Waals surface area contributed by atoms with Gasteiger partial charge < -0.3 is 4.90 Å². The van der Waals surface area contributed by atoms with Gasteiger partial charge in [-0.25, -0.2) is 13.1 Å². The lowest BCUT2D eigenvalue weighted by Gasteiger charge is -2.17. The Bertz CT molecular complexity index is 553. The van der Waals surface area contributed by atoms with Gasteiger partial charge in [-0.2, -0.15) is 0 Å². The number of non-ortho nitro benzene ring substituents is 1. The molecule has 0 saturated carbocycles. The van der Waals surface area contributed by atoms with E-state index in [4.69, 9.17) is 0 Å². The van der Waals surface area contributed by atoms with Crippen LogP contribution in [-0.4, -0.2) is 44.4 Å². The molecular formula is C13H21N3O4S. The summed E-state index contributed by atoms with van der Waals surface area (Å²) in [5.41, 5.74) is -0.129. The molecule has 118 valence electrons. The van der Waals surface area contributed by atoms with Crippen LogP contribution in [0.15, 0.2) is 29.2 Å². The average Bonchev–Trinajstić information content (AvgIpc) is 2.47. The molecule has 0 radical (unpaired) electrons. The van der Waals surface area contributed by atoms with E-state index < -0.39 is 14.9 Å². The summed E-state index contributed by atoms with van der Waals surface area (Å²) in [7, 11) is -3.61. The molecule has 0 spiro atoms. The molecular weight excluding hydrogens is 294 g/mol. The Hall–Kier alpha value is -1.51. The molecule has 21 heavy (non-hydrogen) atoms. The smallest absolute Gasteiger partial charge is 0.269 e. The summed E-state index contributed by atoms with van der Waals surface area (Å²) in [6.45, 7) is 7.16. The minimum Gasteiger partial charge on any atom is -0.304 e. The molecule has 0 aliphatic carbocycles. The molecule has 1 aromatic carbocycles. The number of nitro groups is 1. The monoisotopic (exact) mass is 315 g/mol. The SMILES string of the molecule is CCN(CC)CCCNS(=O)(=O)c1ccc([N+](=O)[O-])cc1. The van der Waals surface area contributed by atoms with Gasteiger partial charge in [-0.3, -0.25) is 10.1 Å². The molecule has 0 heterocycles. The van der Waals surface area contributed by atoms with E-state index in [1.165, 1.54) is 24.3 Å². The molecule has 0 atom stereocenters. The lowest BCUT2D eigenvalue weighted by molar-refractivity contribution is -0.384. The molecule has 0 aliphatic rings. The second-order valence-electron chi connectivity index (χ2n) is 4.53. The fraction of sp³-hybridized carbons (Fsp3) is 0.538. The molecule has 0 aromatic heterocycles. The van der Waals surface area contributed by atoms with Crippen molar-refractivity contribution in [2.75, 3.05) is 26.2 Å². The summed E-state index contributed by atoms with van der Waals surface area (Å²) in [6, 6.07) is 4.85. The van der Waals surface area contributed by atoms with Crippen molar-refractivity contribution in [2.24, 2.45) is 0 Å². The first kappa shape index (κ1) is 17.5. The van der Waals surface area contributed by atoms with Crippen LogP contribution >= 0.6 is 0 Å². The molecule has 7 nitrogen and oxygen atoms in total. The van der Waals surface area contributed by atoms with Crippen LogP contribution in [0.1, 0.15) is 20.3 Å². The van der Waals surface area contributed by atoms with Crippen molar-refractivity contribution in [1.82, 2.24) is 9.62 Å². The Kier molecular flexibility index (Phi) is 6.73. The van der Waals surface area contributed by atoms with Gasteiger partial charge in [-0.1, -0.05) is 13.8 Å². The molecule has 0 aliphatic heterocycles.